The second-order valence-electron chi connectivity index (χ2n) is 7.90. The summed E-state index contributed by atoms with van der Waals surface area (Å²) < 4.78 is 6.66. The van der Waals surface area contributed by atoms with Crippen LogP contribution in [0, 0.1) is 0 Å². The smallest absolute Gasteiger partial charge is 0.259 e. The molecule has 0 aliphatic carbocycles. The Hall–Kier alpha value is -3.99. The molecule has 3 heterocycles. The molecule has 0 bridgehead atoms. The molecule has 0 unspecified atom stereocenters. The van der Waals surface area contributed by atoms with Crippen molar-refractivity contribution in [2.75, 3.05) is 24.2 Å². The molecule has 11 heteroatoms. The van der Waals surface area contributed by atoms with Gasteiger partial charge in [0, 0.05) is 12.1 Å². The van der Waals surface area contributed by atoms with Gasteiger partial charge in [0.05, 0.1) is 18.4 Å². The van der Waals surface area contributed by atoms with Crippen LogP contribution in [0.15, 0.2) is 47.1 Å². The Morgan fingerprint density at radius 2 is 1.97 bits per heavy atom. The maximum absolute atomic E-state index is 12.3. The summed E-state index contributed by atoms with van der Waals surface area (Å²) >= 11 is 0. The van der Waals surface area contributed by atoms with Crippen LogP contribution in [0.25, 0.3) is 17.4 Å². The minimum atomic E-state index is -0.675. The Labute approximate surface area is 183 Å². The molecule has 0 aliphatic heterocycles. The molecule has 11 nitrogen and oxygen atoms in total. The number of aliphatic hydroxyl groups excluding tert-OH is 1. The number of hydrogen-bond donors (Lipinski definition) is 4. The summed E-state index contributed by atoms with van der Waals surface area (Å²) in [7, 11) is 0. The highest BCUT2D eigenvalue weighted by atomic mass is 16.3. The van der Waals surface area contributed by atoms with Gasteiger partial charge in [0.2, 0.25) is 17.7 Å². The van der Waals surface area contributed by atoms with Crippen LogP contribution in [0.2, 0.25) is 0 Å². The average Bonchev–Trinajstić information content (AvgIpc) is 3.44. The number of furan rings is 1. The molecule has 1 amide bonds. The molecule has 0 saturated carbocycles. The summed E-state index contributed by atoms with van der Waals surface area (Å²) in [5, 5.41) is 19.5. The highest BCUT2D eigenvalue weighted by Crippen LogP contribution is 2.17. The highest BCUT2D eigenvalue weighted by molar-refractivity contribution is 5.94. The monoisotopic (exact) mass is 436 g/mol. The van der Waals surface area contributed by atoms with Crippen LogP contribution in [0.4, 0.5) is 11.9 Å². The number of carbonyl (C=O) groups is 1. The summed E-state index contributed by atoms with van der Waals surface area (Å²) in [4.78, 5) is 25.2. The third kappa shape index (κ3) is 4.67. The molecule has 4 aromatic rings. The van der Waals surface area contributed by atoms with Crippen molar-refractivity contribution in [3.8, 4) is 11.6 Å². The largest absolute Gasteiger partial charge is 0.461 e. The zero-order valence-electron chi connectivity index (χ0n) is 17.7. The fourth-order valence-corrected chi connectivity index (χ4v) is 2.96. The molecular formula is C21H24N8O3. The van der Waals surface area contributed by atoms with Crippen LogP contribution in [0.5, 0.6) is 0 Å². The molecular weight excluding hydrogens is 412 g/mol. The van der Waals surface area contributed by atoms with Gasteiger partial charge >= 0.3 is 0 Å². The van der Waals surface area contributed by atoms with E-state index in [4.69, 9.17) is 10.2 Å². The lowest BCUT2D eigenvalue weighted by Crippen LogP contribution is -2.46. The van der Waals surface area contributed by atoms with Gasteiger partial charge in [-0.05, 0) is 50.1 Å². The standard InChI is InChI=1S/C21H24N8O3/c1-21(2,12-30)27-17(31)14-7-5-13(6-8-14)9-10-23-19-25-18(22)29-20(26-19)24-16(28-29)15-4-3-11-32-15/h3-8,11,30H,9-10,12H2,1-2H3,(H,27,31)(H3,22,23,24,25,26,28). The molecule has 4 rings (SSSR count). The van der Waals surface area contributed by atoms with Gasteiger partial charge in [-0.2, -0.15) is 19.5 Å². The number of carbonyl (C=O) groups excluding carboxylic acids is 1. The molecule has 1 aromatic carbocycles. The van der Waals surface area contributed by atoms with Crippen molar-refractivity contribution in [3.05, 3.63) is 53.8 Å². The Bertz CT molecular complexity index is 1220. The summed E-state index contributed by atoms with van der Waals surface area (Å²) in [6.07, 6.45) is 2.22. The number of nitrogens with zero attached hydrogens (tertiary/aromatic N) is 5. The molecule has 0 radical (unpaired) electrons. The molecule has 3 aromatic heterocycles. The van der Waals surface area contributed by atoms with Gasteiger partial charge in [0.15, 0.2) is 5.76 Å². The molecule has 0 saturated heterocycles. The van der Waals surface area contributed by atoms with Crippen molar-refractivity contribution in [1.82, 2.24) is 29.9 Å². The summed E-state index contributed by atoms with van der Waals surface area (Å²) in [6.45, 7) is 3.93. The number of aliphatic hydroxyl groups is 1. The van der Waals surface area contributed by atoms with Crippen LogP contribution in [0.1, 0.15) is 29.8 Å². The van der Waals surface area contributed by atoms with Gasteiger partial charge in [-0.1, -0.05) is 12.1 Å². The van der Waals surface area contributed by atoms with E-state index < -0.39 is 5.54 Å². The lowest BCUT2D eigenvalue weighted by Gasteiger charge is -2.23. The lowest BCUT2D eigenvalue weighted by molar-refractivity contribution is 0.0869. The predicted molar refractivity (Wildman–Crippen MR) is 118 cm³/mol. The van der Waals surface area contributed by atoms with E-state index in [-0.39, 0.29) is 18.5 Å². The van der Waals surface area contributed by atoms with E-state index in [0.29, 0.717) is 41.8 Å². The molecule has 166 valence electrons. The van der Waals surface area contributed by atoms with Gasteiger partial charge < -0.3 is 25.9 Å². The number of nitrogens with one attached hydrogen (secondary N) is 2. The predicted octanol–water partition coefficient (Wildman–Crippen LogP) is 1.52. The second-order valence-corrected chi connectivity index (χ2v) is 7.90. The van der Waals surface area contributed by atoms with Crippen molar-refractivity contribution in [2.45, 2.75) is 25.8 Å². The van der Waals surface area contributed by atoms with Gasteiger partial charge in [-0.15, -0.1) is 5.10 Å². The number of nitrogens with two attached hydrogens (primary N) is 1. The first-order chi connectivity index (χ1) is 15.3. The van der Waals surface area contributed by atoms with Crippen LogP contribution in [0.3, 0.4) is 0 Å². The quantitative estimate of drug-likeness (QED) is 0.321. The van der Waals surface area contributed by atoms with E-state index in [2.05, 4.69) is 30.7 Å². The summed E-state index contributed by atoms with van der Waals surface area (Å²) in [6, 6.07) is 10.8. The number of benzene rings is 1. The number of amides is 1. The highest BCUT2D eigenvalue weighted by Gasteiger charge is 2.20. The molecule has 0 aliphatic rings. The molecule has 32 heavy (non-hydrogen) atoms. The molecule has 0 fully saturated rings. The Balaban J connectivity index is 1.37. The molecule has 5 N–H and O–H groups in total. The maximum Gasteiger partial charge on any atom is 0.259 e. The van der Waals surface area contributed by atoms with Crippen LogP contribution in [-0.2, 0) is 6.42 Å². The average molecular weight is 436 g/mol. The number of rotatable bonds is 8. The van der Waals surface area contributed by atoms with Gasteiger partial charge in [0.25, 0.3) is 11.7 Å². The van der Waals surface area contributed by atoms with Crippen LogP contribution in [-0.4, -0.2) is 54.3 Å². The third-order valence-corrected chi connectivity index (χ3v) is 4.74. The Kier molecular flexibility index (Phi) is 5.73. The van der Waals surface area contributed by atoms with E-state index in [1.165, 1.54) is 10.8 Å². The minimum Gasteiger partial charge on any atom is -0.461 e. The topological polar surface area (TPSA) is 156 Å². The van der Waals surface area contributed by atoms with Crippen molar-refractivity contribution in [1.29, 1.82) is 0 Å². The second kappa shape index (κ2) is 8.63. The molecule has 0 spiro atoms. The van der Waals surface area contributed by atoms with E-state index in [0.717, 1.165) is 5.56 Å². The van der Waals surface area contributed by atoms with E-state index in [9.17, 15) is 9.90 Å². The number of aromatic nitrogens is 5. The normalized spacial score (nSPS) is 11.6. The number of hydrogen-bond acceptors (Lipinski definition) is 9. The van der Waals surface area contributed by atoms with Crippen molar-refractivity contribution < 1.29 is 14.3 Å². The summed E-state index contributed by atoms with van der Waals surface area (Å²) in [5.74, 6) is 1.47. The SMILES string of the molecule is CC(C)(CO)NC(=O)c1ccc(CCNc2nc(N)n3nc(-c4ccco4)nc3n2)cc1. The Morgan fingerprint density at radius 1 is 1.19 bits per heavy atom. The van der Waals surface area contributed by atoms with Crippen LogP contribution < -0.4 is 16.4 Å². The summed E-state index contributed by atoms with van der Waals surface area (Å²) in [5.41, 5.74) is 6.88. The lowest BCUT2D eigenvalue weighted by atomic mass is 10.0. The van der Waals surface area contributed by atoms with Gasteiger partial charge in [0.1, 0.15) is 0 Å². The fraction of sp³-hybridized carbons (Fsp3) is 0.286. The van der Waals surface area contributed by atoms with E-state index >= 15 is 0 Å². The van der Waals surface area contributed by atoms with Gasteiger partial charge in [-0.3, -0.25) is 4.79 Å². The Morgan fingerprint density at radius 3 is 2.66 bits per heavy atom. The first-order valence-corrected chi connectivity index (χ1v) is 10.0. The van der Waals surface area contributed by atoms with E-state index in [1.807, 2.05) is 12.1 Å². The maximum atomic E-state index is 12.3. The zero-order chi connectivity index (χ0) is 22.7. The van der Waals surface area contributed by atoms with Crippen molar-refractivity contribution >= 4 is 23.6 Å². The van der Waals surface area contributed by atoms with E-state index in [1.54, 1.807) is 38.1 Å². The van der Waals surface area contributed by atoms with Crippen molar-refractivity contribution in [3.63, 3.8) is 0 Å². The zero-order valence-corrected chi connectivity index (χ0v) is 17.7. The fourth-order valence-electron chi connectivity index (χ4n) is 2.96. The molecule has 0 atom stereocenters. The number of anilines is 2. The first-order valence-electron chi connectivity index (χ1n) is 10.0. The minimum absolute atomic E-state index is 0.139. The van der Waals surface area contributed by atoms with Gasteiger partial charge in [-0.25, -0.2) is 0 Å². The number of fused-ring (bicyclic) bond motifs is 1. The third-order valence-electron chi connectivity index (χ3n) is 4.74. The van der Waals surface area contributed by atoms with Crippen LogP contribution >= 0.6 is 0 Å². The first kappa shape index (κ1) is 21.2. The number of nitrogen functional groups attached to an aromatic ring is 1. The van der Waals surface area contributed by atoms with Crippen molar-refractivity contribution in [2.24, 2.45) is 0 Å².